The highest BCUT2D eigenvalue weighted by Crippen LogP contribution is 2.29. The molecular weight excluding hydrogens is 367 g/mol. The third kappa shape index (κ3) is 4.71. The van der Waals surface area contributed by atoms with E-state index in [1.807, 2.05) is 36.4 Å². The maximum atomic E-state index is 12.9. The third-order valence-corrected chi connectivity index (χ3v) is 4.28. The Hall–Kier alpha value is -3.28. The van der Waals surface area contributed by atoms with Gasteiger partial charge in [-0.1, -0.05) is 54.6 Å². The minimum absolute atomic E-state index is 0.0154. The van der Waals surface area contributed by atoms with E-state index in [1.54, 1.807) is 6.08 Å². The van der Waals surface area contributed by atoms with Crippen molar-refractivity contribution in [3.63, 3.8) is 0 Å². The Morgan fingerprint density at radius 1 is 1.00 bits per heavy atom. The molecular formula is C22H18F3NO2. The summed E-state index contributed by atoms with van der Waals surface area (Å²) in [6.07, 6.45) is 0.748. The summed E-state index contributed by atoms with van der Waals surface area (Å²) in [5.74, 6) is -0.136. The van der Waals surface area contributed by atoms with E-state index in [4.69, 9.17) is 0 Å². The zero-order chi connectivity index (χ0) is 20.1. The third-order valence-electron chi connectivity index (χ3n) is 4.28. The van der Waals surface area contributed by atoms with E-state index >= 15 is 0 Å². The molecule has 0 amide bonds. The van der Waals surface area contributed by atoms with Gasteiger partial charge in [0.25, 0.3) is 5.56 Å². The Labute approximate surface area is 160 Å². The summed E-state index contributed by atoms with van der Waals surface area (Å²) in [7, 11) is 0. The topological polar surface area (TPSA) is 42.2 Å². The predicted octanol–water partition coefficient (Wildman–Crippen LogP) is 4.88. The molecule has 0 radical (unpaired) electrons. The number of aromatic nitrogens is 1. The lowest BCUT2D eigenvalue weighted by Gasteiger charge is -2.11. The fraction of sp³-hybridized carbons (Fsp3) is 0.136. The van der Waals surface area contributed by atoms with E-state index in [9.17, 15) is 23.1 Å². The van der Waals surface area contributed by atoms with Crippen LogP contribution >= 0.6 is 0 Å². The lowest BCUT2D eigenvalue weighted by atomic mass is 10.1. The highest BCUT2D eigenvalue weighted by molar-refractivity contribution is 5.49. The molecule has 3 nitrogen and oxygen atoms in total. The van der Waals surface area contributed by atoms with E-state index < -0.39 is 17.3 Å². The van der Waals surface area contributed by atoms with Crippen LogP contribution in [0.2, 0.25) is 0 Å². The molecule has 0 fully saturated rings. The molecule has 0 unspecified atom stereocenters. The fourth-order valence-electron chi connectivity index (χ4n) is 2.85. The van der Waals surface area contributed by atoms with Crippen LogP contribution < -0.4 is 5.56 Å². The van der Waals surface area contributed by atoms with Crippen molar-refractivity contribution < 1.29 is 18.3 Å². The number of hydrogen-bond acceptors (Lipinski definition) is 2. The molecule has 0 saturated carbocycles. The molecule has 28 heavy (non-hydrogen) atoms. The summed E-state index contributed by atoms with van der Waals surface area (Å²) in [5.41, 5.74) is 0.315. The van der Waals surface area contributed by atoms with Crippen molar-refractivity contribution in [3.8, 4) is 5.75 Å². The summed E-state index contributed by atoms with van der Waals surface area (Å²) in [6.45, 7) is -0.0154. The average molecular weight is 385 g/mol. The van der Waals surface area contributed by atoms with Gasteiger partial charge in [0.2, 0.25) is 0 Å². The van der Waals surface area contributed by atoms with Gasteiger partial charge < -0.3 is 9.67 Å². The number of rotatable bonds is 5. The van der Waals surface area contributed by atoms with Crippen molar-refractivity contribution >= 4 is 6.08 Å². The summed E-state index contributed by atoms with van der Waals surface area (Å²) in [4.78, 5) is 12.7. The second-order valence-electron chi connectivity index (χ2n) is 6.33. The molecule has 0 aliphatic rings. The first-order chi connectivity index (χ1) is 13.3. The molecule has 1 heterocycles. The first-order valence-corrected chi connectivity index (χ1v) is 8.63. The minimum Gasteiger partial charge on any atom is -0.507 e. The van der Waals surface area contributed by atoms with E-state index in [0.717, 1.165) is 17.7 Å². The molecule has 0 bridgehead atoms. The number of aromatic hydroxyl groups is 1. The number of allylic oxidation sites excluding steroid dienone is 1. The monoisotopic (exact) mass is 385 g/mol. The van der Waals surface area contributed by atoms with Crippen LogP contribution in [0, 0.1) is 0 Å². The molecule has 0 spiro atoms. The van der Waals surface area contributed by atoms with Crippen molar-refractivity contribution in [3.05, 3.63) is 106 Å². The number of nitrogens with zero attached hydrogens (tertiary/aromatic N) is 1. The predicted molar refractivity (Wildman–Crippen MR) is 102 cm³/mol. The van der Waals surface area contributed by atoms with Crippen molar-refractivity contribution in [1.82, 2.24) is 4.57 Å². The van der Waals surface area contributed by atoms with Crippen LogP contribution in [-0.4, -0.2) is 9.67 Å². The number of alkyl halides is 3. The average Bonchev–Trinajstić information content (AvgIpc) is 2.67. The van der Waals surface area contributed by atoms with Gasteiger partial charge in [-0.15, -0.1) is 0 Å². The van der Waals surface area contributed by atoms with Gasteiger partial charge in [0, 0.05) is 6.20 Å². The van der Waals surface area contributed by atoms with Crippen molar-refractivity contribution in [2.75, 3.05) is 0 Å². The molecule has 0 aliphatic carbocycles. The molecule has 3 aromatic rings. The van der Waals surface area contributed by atoms with Gasteiger partial charge in [0.15, 0.2) is 0 Å². The first kappa shape index (κ1) is 19.5. The summed E-state index contributed by atoms with van der Waals surface area (Å²) < 4.78 is 39.9. The highest BCUT2D eigenvalue weighted by Gasteiger charge is 2.30. The first-order valence-electron chi connectivity index (χ1n) is 8.63. The van der Waals surface area contributed by atoms with Gasteiger partial charge in [-0.2, -0.15) is 13.2 Å². The quantitative estimate of drug-likeness (QED) is 0.680. The van der Waals surface area contributed by atoms with E-state index in [0.29, 0.717) is 5.56 Å². The van der Waals surface area contributed by atoms with E-state index in [1.165, 1.54) is 29.0 Å². The maximum Gasteiger partial charge on any atom is 0.416 e. The van der Waals surface area contributed by atoms with Crippen molar-refractivity contribution in [1.29, 1.82) is 0 Å². The largest absolute Gasteiger partial charge is 0.507 e. The molecule has 2 aromatic carbocycles. The Morgan fingerprint density at radius 2 is 1.75 bits per heavy atom. The lowest BCUT2D eigenvalue weighted by Crippen LogP contribution is -2.23. The molecule has 144 valence electrons. The fourth-order valence-corrected chi connectivity index (χ4v) is 2.85. The van der Waals surface area contributed by atoms with Crippen LogP contribution in [0.1, 0.15) is 22.3 Å². The van der Waals surface area contributed by atoms with Gasteiger partial charge in [0.1, 0.15) is 5.75 Å². The van der Waals surface area contributed by atoms with E-state index in [2.05, 4.69) is 0 Å². The molecule has 1 N–H and O–H groups in total. The van der Waals surface area contributed by atoms with Crippen molar-refractivity contribution in [2.45, 2.75) is 19.1 Å². The number of benzene rings is 2. The van der Waals surface area contributed by atoms with Gasteiger partial charge in [0.05, 0.1) is 17.7 Å². The molecule has 0 atom stereocenters. The standard InChI is InChI=1S/C22H18F3NO2/c23-22(24,25)18-10-4-9-17(14-18)15-26-13-12-20(27)19(21(26)28)11-5-8-16-6-2-1-3-7-16/h1-10,12-14,27H,11,15H2/b8-5+. The van der Waals surface area contributed by atoms with Gasteiger partial charge in [-0.3, -0.25) is 4.79 Å². The molecule has 6 heteroatoms. The minimum atomic E-state index is -4.44. The van der Waals surface area contributed by atoms with Crippen LogP contribution in [0.3, 0.4) is 0 Å². The Bertz CT molecular complexity index is 1040. The van der Waals surface area contributed by atoms with Crippen LogP contribution in [0.15, 0.2) is 77.7 Å². The summed E-state index contributed by atoms with van der Waals surface area (Å²) in [5, 5.41) is 10.0. The maximum absolute atomic E-state index is 12.9. The molecule has 0 saturated heterocycles. The Kier molecular flexibility index (Phi) is 5.68. The second-order valence-corrected chi connectivity index (χ2v) is 6.33. The number of halogens is 3. The zero-order valence-corrected chi connectivity index (χ0v) is 14.9. The summed E-state index contributed by atoms with van der Waals surface area (Å²) in [6, 6.07) is 15.7. The van der Waals surface area contributed by atoms with Crippen LogP contribution in [-0.2, 0) is 19.1 Å². The van der Waals surface area contributed by atoms with Gasteiger partial charge >= 0.3 is 6.18 Å². The van der Waals surface area contributed by atoms with Gasteiger partial charge in [-0.05, 0) is 35.7 Å². The van der Waals surface area contributed by atoms with Crippen LogP contribution in [0.25, 0.3) is 6.08 Å². The lowest BCUT2D eigenvalue weighted by molar-refractivity contribution is -0.137. The molecule has 0 aliphatic heterocycles. The number of hydrogen-bond donors (Lipinski definition) is 1. The smallest absolute Gasteiger partial charge is 0.416 e. The summed E-state index contributed by atoms with van der Waals surface area (Å²) >= 11 is 0. The highest BCUT2D eigenvalue weighted by atomic mass is 19.4. The van der Waals surface area contributed by atoms with Crippen LogP contribution in [0.5, 0.6) is 5.75 Å². The van der Waals surface area contributed by atoms with E-state index in [-0.39, 0.29) is 24.3 Å². The normalized spacial score (nSPS) is 11.8. The Morgan fingerprint density at radius 3 is 2.46 bits per heavy atom. The second kappa shape index (κ2) is 8.17. The van der Waals surface area contributed by atoms with Crippen molar-refractivity contribution in [2.24, 2.45) is 0 Å². The Balaban J connectivity index is 1.83. The zero-order valence-electron chi connectivity index (χ0n) is 14.9. The number of pyridine rings is 1. The SMILES string of the molecule is O=c1c(C/C=C/c2ccccc2)c(O)ccn1Cc1cccc(C(F)(F)F)c1. The van der Waals surface area contributed by atoms with Crippen LogP contribution in [0.4, 0.5) is 13.2 Å². The van der Waals surface area contributed by atoms with Gasteiger partial charge in [-0.25, -0.2) is 0 Å². The molecule has 3 rings (SSSR count). The molecule has 1 aromatic heterocycles.